The van der Waals surface area contributed by atoms with Crippen molar-refractivity contribution in [3.63, 3.8) is 0 Å². The van der Waals surface area contributed by atoms with Crippen LogP contribution in [0.15, 0.2) is 18.2 Å². The van der Waals surface area contributed by atoms with Crippen molar-refractivity contribution < 1.29 is 5.11 Å². The van der Waals surface area contributed by atoms with Crippen LogP contribution >= 0.6 is 0 Å². The molecule has 0 saturated heterocycles. The molecule has 1 radical (unpaired) electrons. The summed E-state index contributed by atoms with van der Waals surface area (Å²) in [5.74, 6) is 0. The molecule has 0 amide bonds. The number of hydrogen-bond donors (Lipinski definition) is 1. The highest BCUT2D eigenvalue weighted by Gasteiger charge is 2.16. The van der Waals surface area contributed by atoms with Gasteiger partial charge in [-0.1, -0.05) is 18.2 Å². The Bertz CT molecular complexity index is 309. The van der Waals surface area contributed by atoms with Gasteiger partial charge in [0.1, 0.15) is 0 Å². The van der Waals surface area contributed by atoms with Crippen LogP contribution in [-0.4, -0.2) is 29.2 Å². The smallest absolute Gasteiger partial charge is 0.0639 e. The maximum atomic E-state index is 9.30. The Morgan fingerprint density at radius 1 is 1.57 bits per heavy atom. The normalized spacial score (nSPS) is 19.0. The third-order valence-electron chi connectivity index (χ3n) is 2.66. The Balaban J connectivity index is 2.06. The first-order valence-corrected chi connectivity index (χ1v) is 5.14. The summed E-state index contributed by atoms with van der Waals surface area (Å²) in [5, 5.41) is 9.30. The van der Waals surface area contributed by atoms with Crippen molar-refractivity contribution in [2.75, 3.05) is 13.1 Å². The Kier molecular flexibility index (Phi) is 2.85. The van der Waals surface area contributed by atoms with Gasteiger partial charge < -0.3 is 5.11 Å². The van der Waals surface area contributed by atoms with E-state index in [1.807, 2.05) is 13.0 Å². The lowest BCUT2D eigenvalue weighted by Gasteiger charge is -2.29. The molecule has 0 aliphatic carbocycles. The van der Waals surface area contributed by atoms with E-state index in [1.54, 1.807) is 0 Å². The second kappa shape index (κ2) is 4.11. The van der Waals surface area contributed by atoms with Crippen molar-refractivity contribution >= 4 is 0 Å². The fraction of sp³-hybridized carbons (Fsp3) is 0.500. The first-order chi connectivity index (χ1) is 6.75. The van der Waals surface area contributed by atoms with E-state index in [2.05, 4.69) is 23.1 Å². The second-order valence-corrected chi connectivity index (χ2v) is 4.03. The van der Waals surface area contributed by atoms with E-state index >= 15 is 0 Å². The first kappa shape index (κ1) is 9.69. The Morgan fingerprint density at radius 2 is 2.43 bits per heavy atom. The minimum Gasteiger partial charge on any atom is -0.392 e. The molecule has 0 bridgehead atoms. The Morgan fingerprint density at radius 3 is 3.21 bits per heavy atom. The number of benzene rings is 1. The maximum Gasteiger partial charge on any atom is 0.0639 e. The predicted molar refractivity (Wildman–Crippen MR) is 55.9 cm³/mol. The van der Waals surface area contributed by atoms with Gasteiger partial charge in [0.15, 0.2) is 0 Å². The van der Waals surface area contributed by atoms with Crippen molar-refractivity contribution in [2.24, 2.45) is 0 Å². The average molecular weight is 190 g/mol. The molecule has 1 unspecified atom stereocenters. The molecule has 1 atom stereocenters. The quantitative estimate of drug-likeness (QED) is 0.758. The molecule has 14 heavy (non-hydrogen) atoms. The first-order valence-electron chi connectivity index (χ1n) is 5.14. The van der Waals surface area contributed by atoms with Crippen LogP contribution in [0.1, 0.15) is 18.1 Å². The number of rotatable bonds is 2. The molecule has 1 aliphatic heterocycles. The molecule has 0 fully saturated rings. The molecule has 75 valence electrons. The summed E-state index contributed by atoms with van der Waals surface area (Å²) in [6.07, 6.45) is 0.853. The maximum absolute atomic E-state index is 9.30. The average Bonchev–Trinajstić information content (AvgIpc) is 2.17. The zero-order chi connectivity index (χ0) is 9.97. The lowest BCUT2D eigenvalue weighted by molar-refractivity contribution is 0.119. The van der Waals surface area contributed by atoms with Crippen molar-refractivity contribution in [2.45, 2.75) is 26.0 Å². The zero-order valence-corrected chi connectivity index (χ0v) is 8.53. The van der Waals surface area contributed by atoms with Crippen molar-refractivity contribution in [1.82, 2.24) is 4.90 Å². The lowest BCUT2D eigenvalue weighted by atomic mass is 10.00. The standard InChI is InChI=1S/C12H16NO/c1-10(14)8-13-7-6-11-4-2-3-5-12(11)9-13/h3-5,10,14H,6-9H2,1H3. The minimum absolute atomic E-state index is 0.230. The lowest BCUT2D eigenvalue weighted by Crippen LogP contribution is -2.35. The van der Waals surface area contributed by atoms with Gasteiger partial charge in [-0.3, -0.25) is 4.90 Å². The number of aliphatic hydroxyl groups is 1. The molecule has 0 aromatic heterocycles. The van der Waals surface area contributed by atoms with E-state index in [9.17, 15) is 5.11 Å². The van der Waals surface area contributed by atoms with E-state index in [0.29, 0.717) is 0 Å². The van der Waals surface area contributed by atoms with Gasteiger partial charge in [-0.2, -0.15) is 0 Å². The third-order valence-corrected chi connectivity index (χ3v) is 2.66. The molecule has 1 heterocycles. The van der Waals surface area contributed by atoms with Gasteiger partial charge >= 0.3 is 0 Å². The van der Waals surface area contributed by atoms with Crippen LogP contribution in [0, 0.1) is 6.07 Å². The Hall–Kier alpha value is -0.860. The van der Waals surface area contributed by atoms with Crippen LogP contribution in [0.4, 0.5) is 0 Å². The minimum atomic E-state index is -0.230. The molecular formula is C12H16NO. The summed E-state index contributed by atoms with van der Waals surface area (Å²) in [6, 6.07) is 9.28. The summed E-state index contributed by atoms with van der Waals surface area (Å²) in [7, 11) is 0. The molecule has 1 aliphatic rings. The van der Waals surface area contributed by atoms with Crippen LogP contribution in [0.5, 0.6) is 0 Å². The van der Waals surface area contributed by atoms with Crippen LogP contribution in [0.3, 0.4) is 0 Å². The van der Waals surface area contributed by atoms with Crippen LogP contribution < -0.4 is 0 Å². The van der Waals surface area contributed by atoms with E-state index < -0.39 is 0 Å². The van der Waals surface area contributed by atoms with Crippen LogP contribution in [-0.2, 0) is 13.0 Å². The molecule has 1 aromatic rings. The SMILES string of the molecule is CC(O)CN1CCc2c[c]ccc2C1. The molecule has 2 nitrogen and oxygen atoms in total. The number of β-amino-alcohol motifs (C(OH)–C–C–N with tert-alkyl or cyclic N) is 1. The van der Waals surface area contributed by atoms with Crippen molar-refractivity contribution in [1.29, 1.82) is 0 Å². The highest BCUT2D eigenvalue weighted by molar-refractivity contribution is 5.28. The highest BCUT2D eigenvalue weighted by atomic mass is 16.3. The fourth-order valence-corrected chi connectivity index (χ4v) is 2.01. The van der Waals surface area contributed by atoms with Crippen LogP contribution in [0.25, 0.3) is 0 Å². The second-order valence-electron chi connectivity index (χ2n) is 4.03. The van der Waals surface area contributed by atoms with E-state index in [1.165, 1.54) is 11.1 Å². The third kappa shape index (κ3) is 2.14. The zero-order valence-electron chi connectivity index (χ0n) is 8.53. The molecule has 2 rings (SSSR count). The predicted octanol–water partition coefficient (Wildman–Crippen LogP) is 1.23. The number of nitrogens with zero attached hydrogens (tertiary/aromatic N) is 1. The van der Waals surface area contributed by atoms with Crippen molar-refractivity contribution in [3.8, 4) is 0 Å². The summed E-state index contributed by atoms with van der Waals surface area (Å²) < 4.78 is 0. The van der Waals surface area contributed by atoms with Gasteiger partial charge in [0.25, 0.3) is 0 Å². The van der Waals surface area contributed by atoms with Gasteiger partial charge in [-0.05, 0) is 30.5 Å². The fourth-order valence-electron chi connectivity index (χ4n) is 2.01. The van der Waals surface area contributed by atoms with Crippen molar-refractivity contribution in [3.05, 3.63) is 35.4 Å². The molecule has 1 aromatic carbocycles. The topological polar surface area (TPSA) is 23.5 Å². The van der Waals surface area contributed by atoms with Gasteiger partial charge in [-0.25, -0.2) is 0 Å². The highest BCUT2D eigenvalue weighted by Crippen LogP contribution is 2.17. The molecule has 0 saturated carbocycles. The van der Waals surface area contributed by atoms with Crippen LogP contribution in [0.2, 0.25) is 0 Å². The van der Waals surface area contributed by atoms with E-state index in [4.69, 9.17) is 0 Å². The summed E-state index contributed by atoms with van der Waals surface area (Å²) in [6.45, 7) is 4.64. The largest absolute Gasteiger partial charge is 0.392 e. The van der Waals surface area contributed by atoms with E-state index in [0.717, 1.165) is 26.1 Å². The summed E-state index contributed by atoms with van der Waals surface area (Å²) in [4.78, 5) is 2.30. The van der Waals surface area contributed by atoms with E-state index in [-0.39, 0.29) is 6.10 Å². The molecular weight excluding hydrogens is 174 g/mol. The monoisotopic (exact) mass is 190 g/mol. The van der Waals surface area contributed by atoms with Gasteiger partial charge in [-0.15, -0.1) is 0 Å². The number of fused-ring (bicyclic) bond motifs is 1. The molecule has 1 N–H and O–H groups in total. The molecule has 0 spiro atoms. The van der Waals surface area contributed by atoms with Gasteiger partial charge in [0.2, 0.25) is 0 Å². The summed E-state index contributed by atoms with van der Waals surface area (Å²) in [5.41, 5.74) is 2.80. The summed E-state index contributed by atoms with van der Waals surface area (Å²) >= 11 is 0. The molecule has 2 heteroatoms. The van der Waals surface area contributed by atoms with Gasteiger partial charge in [0, 0.05) is 19.6 Å². The number of hydrogen-bond acceptors (Lipinski definition) is 2. The van der Waals surface area contributed by atoms with Gasteiger partial charge in [0.05, 0.1) is 6.10 Å². The number of aliphatic hydroxyl groups excluding tert-OH is 1. The Labute approximate surface area is 85.2 Å².